The maximum atomic E-state index is 13.1. The molecule has 1 unspecified atom stereocenters. The van der Waals surface area contributed by atoms with E-state index in [-0.39, 0.29) is 12.6 Å². The first-order chi connectivity index (χ1) is 19.5. The van der Waals surface area contributed by atoms with Crippen LogP contribution in [-0.2, 0) is 23.9 Å². The molecule has 1 atom stereocenters. The van der Waals surface area contributed by atoms with Gasteiger partial charge in [-0.05, 0) is 36.1 Å². The zero-order valence-corrected chi connectivity index (χ0v) is 23.1. The van der Waals surface area contributed by atoms with Gasteiger partial charge in [-0.3, -0.25) is 19.3 Å². The Labute approximate surface area is 236 Å². The summed E-state index contributed by atoms with van der Waals surface area (Å²) >= 11 is 0. The molecular weight excluding hydrogens is 541 g/mol. The predicted molar refractivity (Wildman–Crippen MR) is 147 cm³/mol. The fraction of sp³-hybridized carbons (Fsp3) is 0.448. The summed E-state index contributed by atoms with van der Waals surface area (Å²) < 4.78 is 43.7. The van der Waals surface area contributed by atoms with Crippen molar-refractivity contribution in [1.29, 1.82) is 0 Å². The van der Waals surface area contributed by atoms with Gasteiger partial charge in [-0.2, -0.15) is 13.2 Å². The summed E-state index contributed by atoms with van der Waals surface area (Å²) in [7, 11) is 1.21. The molecular formula is C29H35F3N4O5. The maximum Gasteiger partial charge on any atom is 0.397 e. The van der Waals surface area contributed by atoms with E-state index in [1.807, 2.05) is 30.3 Å². The molecule has 222 valence electrons. The molecule has 2 N–H and O–H groups in total. The Morgan fingerprint density at radius 2 is 1.73 bits per heavy atom. The van der Waals surface area contributed by atoms with Crippen molar-refractivity contribution >= 4 is 34.5 Å². The number of methoxy groups -OCH3 is 1. The normalized spacial score (nSPS) is 15.4. The monoisotopic (exact) mass is 576 g/mol. The van der Waals surface area contributed by atoms with Crippen LogP contribution in [0.25, 0.3) is 10.8 Å². The lowest BCUT2D eigenvalue weighted by atomic mass is 9.95. The Morgan fingerprint density at radius 3 is 2.41 bits per heavy atom. The van der Waals surface area contributed by atoms with Crippen molar-refractivity contribution in [2.75, 3.05) is 39.8 Å². The Hall–Kier alpha value is -3.93. The predicted octanol–water partition coefficient (Wildman–Crippen LogP) is 3.11. The highest BCUT2D eigenvalue weighted by Gasteiger charge is 2.37. The van der Waals surface area contributed by atoms with Gasteiger partial charge < -0.3 is 20.3 Å². The lowest BCUT2D eigenvalue weighted by molar-refractivity contribution is -0.165. The molecule has 1 fully saturated rings. The second-order valence-corrected chi connectivity index (χ2v) is 9.83. The van der Waals surface area contributed by atoms with Crippen molar-refractivity contribution in [2.24, 2.45) is 0 Å². The summed E-state index contributed by atoms with van der Waals surface area (Å²) in [5.74, 6) is -3.08. The summed E-state index contributed by atoms with van der Waals surface area (Å²) in [6, 6.07) is 13.6. The molecule has 0 aliphatic carbocycles. The highest BCUT2D eigenvalue weighted by Crippen LogP contribution is 2.31. The standard InChI is InChI=1S/C29H35F3N4O5/c1-20(23-10-5-8-21-7-3-4-9-24(21)23)35-15-12-22(13-16-35)36(27(39)17-29(30,31)32)19-26(38)34-18-25(37)33-14-6-11-28(40)41-2/h3-11,20,22H,12-19H2,1-2H3,(H,33,37)(H,34,38)/b11-6+. The molecule has 2 aromatic rings. The molecule has 0 bridgehead atoms. The maximum absolute atomic E-state index is 13.1. The second kappa shape index (κ2) is 14.6. The molecule has 1 saturated heterocycles. The number of nitrogens with zero attached hydrogens (tertiary/aromatic N) is 2. The lowest BCUT2D eigenvalue weighted by Gasteiger charge is -2.41. The van der Waals surface area contributed by atoms with E-state index in [1.54, 1.807) is 0 Å². The Kier molecular flexibility index (Phi) is 11.3. The molecule has 0 spiro atoms. The molecule has 1 aliphatic rings. The van der Waals surface area contributed by atoms with Gasteiger partial charge in [0.1, 0.15) is 6.42 Å². The minimum atomic E-state index is -4.72. The van der Waals surface area contributed by atoms with E-state index in [0.717, 1.165) is 27.3 Å². The summed E-state index contributed by atoms with van der Waals surface area (Å²) in [5, 5.41) is 7.04. The van der Waals surface area contributed by atoms with Crippen LogP contribution in [0.3, 0.4) is 0 Å². The van der Waals surface area contributed by atoms with Gasteiger partial charge in [0.05, 0.1) is 20.2 Å². The molecule has 12 heteroatoms. The van der Waals surface area contributed by atoms with Gasteiger partial charge in [0, 0.05) is 37.8 Å². The first-order valence-corrected chi connectivity index (χ1v) is 13.3. The van der Waals surface area contributed by atoms with Gasteiger partial charge in [-0.25, -0.2) is 4.79 Å². The van der Waals surface area contributed by atoms with E-state index in [0.29, 0.717) is 25.9 Å². The summed E-state index contributed by atoms with van der Waals surface area (Å²) in [6.07, 6.45) is -3.10. The van der Waals surface area contributed by atoms with Crippen LogP contribution in [0.15, 0.2) is 54.6 Å². The lowest BCUT2D eigenvalue weighted by Crippen LogP contribution is -2.52. The van der Waals surface area contributed by atoms with Crippen LogP contribution in [0.5, 0.6) is 0 Å². The third kappa shape index (κ3) is 9.59. The summed E-state index contributed by atoms with van der Waals surface area (Å²) in [4.78, 5) is 51.4. The highest BCUT2D eigenvalue weighted by molar-refractivity contribution is 5.89. The van der Waals surface area contributed by atoms with E-state index in [9.17, 15) is 32.3 Å². The zero-order chi connectivity index (χ0) is 30.0. The molecule has 3 amide bonds. The number of alkyl halides is 3. The largest absolute Gasteiger partial charge is 0.466 e. The average molecular weight is 577 g/mol. The van der Waals surface area contributed by atoms with Crippen LogP contribution >= 0.6 is 0 Å². The number of hydrogen-bond donors (Lipinski definition) is 2. The number of nitrogens with one attached hydrogen (secondary N) is 2. The number of carbonyl (C=O) groups is 4. The molecule has 2 aromatic carbocycles. The van der Waals surface area contributed by atoms with Crippen molar-refractivity contribution < 1.29 is 37.1 Å². The molecule has 0 radical (unpaired) electrons. The number of hydrogen-bond acceptors (Lipinski definition) is 6. The van der Waals surface area contributed by atoms with E-state index in [4.69, 9.17) is 0 Å². The number of ether oxygens (including phenoxy) is 1. The van der Waals surface area contributed by atoms with E-state index in [1.165, 1.54) is 13.2 Å². The van der Waals surface area contributed by atoms with Crippen molar-refractivity contribution in [2.45, 2.75) is 44.4 Å². The van der Waals surface area contributed by atoms with Gasteiger partial charge in [0.2, 0.25) is 17.7 Å². The van der Waals surface area contributed by atoms with Crippen molar-refractivity contribution in [1.82, 2.24) is 20.4 Å². The fourth-order valence-corrected chi connectivity index (χ4v) is 4.94. The minimum absolute atomic E-state index is 0.00969. The minimum Gasteiger partial charge on any atom is -0.466 e. The molecule has 0 aromatic heterocycles. The quantitative estimate of drug-likeness (QED) is 0.315. The molecule has 1 aliphatic heterocycles. The van der Waals surface area contributed by atoms with Crippen LogP contribution in [0, 0.1) is 0 Å². The smallest absolute Gasteiger partial charge is 0.397 e. The van der Waals surface area contributed by atoms with Crippen molar-refractivity contribution in [3.8, 4) is 0 Å². The molecule has 1 heterocycles. The average Bonchev–Trinajstić information content (AvgIpc) is 2.95. The molecule has 41 heavy (non-hydrogen) atoms. The molecule has 3 rings (SSSR count). The Balaban J connectivity index is 1.59. The zero-order valence-electron chi connectivity index (χ0n) is 23.1. The molecule has 0 saturated carbocycles. The van der Waals surface area contributed by atoms with Crippen molar-refractivity contribution in [3.63, 3.8) is 0 Å². The van der Waals surface area contributed by atoms with Gasteiger partial charge >= 0.3 is 12.1 Å². The first-order valence-electron chi connectivity index (χ1n) is 13.3. The van der Waals surface area contributed by atoms with Crippen molar-refractivity contribution in [3.05, 3.63) is 60.2 Å². The number of esters is 1. The number of fused-ring (bicyclic) bond motifs is 1. The number of rotatable bonds is 11. The number of benzene rings is 2. The van der Waals surface area contributed by atoms with Gasteiger partial charge in [0.15, 0.2) is 0 Å². The van der Waals surface area contributed by atoms with E-state index < -0.39 is 55.4 Å². The summed E-state index contributed by atoms with van der Waals surface area (Å²) in [6.45, 7) is 2.14. The SMILES string of the molecule is COC(=O)/C=C/CNC(=O)CNC(=O)CN(C(=O)CC(F)(F)F)C1CCN(C(C)c2cccc3ccccc23)CC1. The number of likely N-dealkylation sites (tertiary alicyclic amines) is 1. The third-order valence-electron chi connectivity index (χ3n) is 7.07. The van der Waals surface area contributed by atoms with Crippen LogP contribution in [0.1, 0.15) is 37.8 Å². The van der Waals surface area contributed by atoms with E-state index in [2.05, 4.69) is 39.3 Å². The Morgan fingerprint density at radius 1 is 1.05 bits per heavy atom. The number of carbonyl (C=O) groups excluding carboxylic acids is 4. The summed E-state index contributed by atoms with van der Waals surface area (Å²) in [5.41, 5.74) is 1.14. The van der Waals surface area contributed by atoms with Crippen LogP contribution in [-0.4, -0.2) is 85.5 Å². The van der Waals surface area contributed by atoms with Crippen LogP contribution in [0.4, 0.5) is 13.2 Å². The highest BCUT2D eigenvalue weighted by atomic mass is 19.4. The third-order valence-corrected chi connectivity index (χ3v) is 7.07. The first kappa shape index (κ1) is 31.6. The molecule has 9 nitrogen and oxygen atoms in total. The number of piperidine rings is 1. The van der Waals surface area contributed by atoms with Crippen LogP contribution < -0.4 is 10.6 Å². The number of halogens is 3. The van der Waals surface area contributed by atoms with Crippen LogP contribution in [0.2, 0.25) is 0 Å². The Bertz CT molecular complexity index is 1250. The van der Waals surface area contributed by atoms with E-state index >= 15 is 0 Å². The second-order valence-electron chi connectivity index (χ2n) is 9.83. The van der Waals surface area contributed by atoms with Gasteiger partial charge in [0.25, 0.3) is 0 Å². The van der Waals surface area contributed by atoms with Gasteiger partial charge in [-0.15, -0.1) is 0 Å². The fourth-order valence-electron chi connectivity index (χ4n) is 4.94. The van der Waals surface area contributed by atoms with Gasteiger partial charge in [-0.1, -0.05) is 48.5 Å². The number of amides is 3. The topological polar surface area (TPSA) is 108 Å².